The Balaban J connectivity index is 2.07. The molecule has 0 aromatic heterocycles. The predicted octanol–water partition coefficient (Wildman–Crippen LogP) is 6.38. The Morgan fingerprint density at radius 3 is 2.14 bits per heavy atom. The van der Waals surface area contributed by atoms with Crippen molar-refractivity contribution in [3.05, 3.63) is 58.7 Å². The number of hydrogen-bond acceptors (Lipinski definition) is 4. The van der Waals surface area contributed by atoms with Crippen molar-refractivity contribution in [2.45, 2.75) is 53.4 Å². The summed E-state index contributed by atoms with van der Waals surface area (Å²) in [5.74, 6) is 0.0241. The molecular formula is C25H32O4. The normalized spacial score (nSPS) is 12.6. The average molecular weight is 397 g/mol. The van der Waals surface area contributed by atoms with Crippen LogP contribution in [-0.2, 0) is 6.42 Å². The van der Waals surface area contributed by atoms with Gasteiger partial charge in [0.15, 0.2) is 0 Å². The Morgan fingerprint density at radius 2 is 1.55 bits per heavy atom. The second kappa shape index (κ2) is 9.55. The van der Waals surface area contributed by atoms with E-state index in [9.17, 15) is 20.4 Å². The number of phenols is 4. The van der Waals surface area contributed by atoms with Gasteiger partial charge in [-0.25, -0.2) is 0 Å². The third-order valence-electron chi connectivity index (χ3n) is 4.85. The van der Waals surface area contributed by atoms with Crippen LogP contribution in [-0.4, -0.2) is 20.4 Å². The lowest BCUT2D eigenvalue weighted by Gasteiger charge is -2.17. The van der Waals surface area contributed by atoms with Gasteiger partial charge in [-0.15, -0.1) is 0 Å². The summed E-state index contributed by atoms with van der Waals surface area (Å²) in [4.78, 5) is 0. The Bertz CT molecular complexity index is 879. The molecule has 2 rings (SSSR count). The smallest absolute Gasteiger partial charge is 0.126 e. The maximum Gasteiger partial charge on any atom is 0.126 e. The van der Waals surface area contributed by atoms with E-state index >= 15 is 0 Å². The highest BCUT2D eigenvalue weighted by atomic mass is 16.3. The predicted molar refractivity (Wildman–Crippen MR) is 119 cm³/mol. The topological polar surface area (TPSA) is 80.9 Å². The summed E-state index contributed by atoms with van der Waals surface area (Å²) in [5.41, 5.74) is 3.23. The molecular weight excluding hydrogens is 364 g/mol. The second-order valence-electron chi connectivity index (χ2n) is 8.78. The summed E-state index contributed by atoms with van der Waals surface area (Å²) in [5, 5.41) is 39.9. The average Bonchev–Trinajstić information content (AvgIpc) is 2.59. The van der Waals surface area contributed by atoms with Gasteiger partial charge in [0.1, 0.15) is 23.0 Å². The van der Waals surface area contributed by atoms with Crippen molar-refractivity contribution in [1.82, 2.24) is 0 Å². The molecule has 2 aromatic carbocycles. The van der Waals surface area contributed by atoms with Gasteiger partial charge >= 0.3 is 0 Å². The van der Waals surface area contributed by atoms with E-state index in [2.05, 4.69) is 33.8 Å². The van der Waals surface area contributed by atoms with Crippen LogP contribution in [0.5, 0.6) is 23.0 Å². The summed E-state index contributed by atoms with van der Waals surface area (Å²) < 4.78 is 0. The Hall–Kier alpha value is -2.88. The van der Waals surface area contributed by atoms with Gasteiger partial charge in [-0.1, -0.05) is 44.6 Å². The lowest BCUT2D eigenvalue weighted by Crippen LogP contribution is -2.04. The fourth-order valence-corrected chi connectivity index (χ4v) is 3.10. The highest BCUT2D eigenvalue weighted by molar-refractivity contribution is 5.74. The second-order valence-corrected chi connectivity index (χ2v) is 8.78. The van der Waals surface area contributed by atoms with E-state index in [1.165, 1.54) is 17.7 Å². The molecule has 0 heterocycles. The third kappa shape index (κ3) is 7.22. The van der Waals surface area contributed by atoms with Gasteiger partial charge in [0.2, 0.25) is 0 Å². The van der Waals surface area contributed by atoms with Crippen molar-refractivity contribution in [2.75, 3.05) is 0 Å². The van der Waals surface area contributed by atoms with Gasteiger partial charge in [0, 0.05) is 17.2 Å². The minimum atomic E-state index is -0.0432. The summed E-state index contributed by atoms with van der Waals surface area (Å²) >= 11 is 0. The minimum absolute atomic E-state index is 0.0129. The van der Waals surface area contributed by atoms with E-state index in [1.807, 2.05) is 0 Å². The van der Waals surface area contributed by atoms with Crippen LogP contribution in [0.4, 0.5) is 0 Å². The molecule has 0 saturated carbocycles. The van der Waals surface area contributed by atoms with Crippen LogP contribution in [0.3, 0.4) is 0 Å². The van der Waals surface area contributed by atoms with E-state index in [0.717, 1.165) is 19.3 Å². The first-order valence-electron chi connectivity index (χ1n) is 9.96. The number of allylic oxidation sites excluding steroid dienone is 2. The molecule has 156 valence electrons. The van der Waals surface area contributed by atoms with Crippen LogP contribution in [0, 0.1) is 5.41 Å². The quantitative estimate of drug-likeness (QED) is 0.323. The van der Waals surface area contributed by atoms with Crippen LogP contribution in [0.2, 0.25) is 0 Å². The molecule has 29 heavy (non-hydrogen) atoms. The highest BCUT2D eigenvalue weighted by Crippen LogP contribution is 2.32. The van der Waals surface area contributed by atoms with Crippen molar-refractivity contribution in [3.8, 4) is 23.0 Å². The molecule has 0 aliphatic rings. The number of aromatic hydroxyl groups is 4. The van der Waals surface area contributed by atoms with Gasteiger partial charge in [-0.3, -0.25) is 0 Å². The van der Waals surface area contributed by atoms with Gasteiger partial charge in [-0.2, -0.15) is 0 Å². The van der Waals surface area contributed by atoms with E-state index < -0.39 is 0 Å². The molecule has 4 nitrogen and oxygen atoms in total. The fraction of sp³-hybridized carbons (Fsp3) is 0.360. The first-order valence-corrected chi connectivity index (χ1v) is 9.96. The van der Waals surface area contributed by atoms with E-state index in [4.69, 9.17) is 0 Å². The summed E-state index contributed by atoms with van der Waals surface area (Å²) in [6.07, 6.45) is 9.16. The molecule has 0 aliphatic carbocycles. The fourth-order valence-electron chi connectivity index (χ4n) is 3.10. The van der Waals surface area contributed by atoms with Gasteiger partial charge in [-0.05, 0) is 67.9 Å². The van der Waals surface area contributed by atoms with Gasteiger partial charge in [0.05, 0.1) is 0 Å². The first kappa shape index (κ1) is 22.4. The standard InChI is InChI=1S/C25H32O4/c1-17(6-5-13-25(2,3)4)7-12-21-23(28)14-18(15-24(21)29)8-9-19-10-11-20(26)16-22(19)27/h7-11,14-16,26-29H,5-6,12-13H2,1-4H3. The summed E-state index contributed by atoms with van der Waals surface area (Å²) in [6.45, 7) is 8.79. The molecule has 4 N–H and O–H groups in total. The summed E-state index contributed by atoms with van der Waals surface area (Å²) in [6, 6.07) is 7.50. The lowest BCUT2D eigenvalue weighted by atomic mass is 9.89. The molecule has 0 radical (unpaired) electrons. The van der Waals surface area contributed by atoms with Crippen LogP contribution in [0.1, 0.15) is 63.6 Å². The molecule has 4 heteroatoms. The number of benzene rings is 2. The summed E-state index contributed by atoms with van der Waals surface area (Å²) in [7, 11) is 0. The maximum absolute atomic E-state index is 10.4. The Labute approximate surface area is 173 Å². The van der Waals surface area contributed by atoms with Crippen molar-refractivity contribution >= 4 is 12.2 Å². The van der Waals surface area contributed by atoms with E-state index in [1.54, 1.807) is 30.4 Å². The van der Waals surface area contributed by atoms with Crippen molar-refractivity contribution in [3.63, 3.8) is 0 Å². The molecule has 0 fully saturated rings. The first-order chi connectivity index (χ1) is 13.5. The zero-order valence-corrected chi connectivity index (χ0v) is 17.7. The molecule has 0 aliphatic heterocycles. The van der Waals surface area contributed by atoms with Crippen LogP contribution < -0.4 is 0 Å². The van der Waals surface area contributed by atoms with Gasteiger partial charge < -0.3 is 20.4 Å². The van der Waals surface area contributed by atoms with Crippen molar-refractivity contribution in [2.24, 2.45) is 5.41 Å². The monoisotopic (exact) mass is 396 g/mol. The molecule has 0 spiro atoms. The zero-order chi connectivity index (χ0) is 21.6. The molecule has 0 atom stereocenters. The molecule has 0 bridgehead atoms. The number of hydrogen-bond donors (Lipinski definition) is 4. The van der Waals surface area contributed by atoms with Crippen LogP contribution in [0.15, 0.2) is 42.0 Å². The molecule has 0 unspecified atom stereocenters. The third-order valence-corrected chi connectivity index (χ3v) is 4.85. The molecule has 0 saturated heterocycles. The van der Waals surface area contributed by atoms with Crippen molar-refractivity contribution in [1.29, 1.82) is 0 Å². The van der Waals surface area contributed by atoms with Crippen LogP contribution >= 0.6 is 0 Å². The lowest BCUT2D eigenvalue weighted by molar-refractivity contribution is 0.365. The Kier molecular flexibility index (Phi) is 7.38. The van der Waals surface area contributed by atoms with Crippen LogP contribution in [0.25, 0.3) is 12.2 Å². The maximum atomic E-state index is 10.4. The number of rotatable bonds is 7. The van der Waals surface area contributed by atoms with E-state index in [-0.39, 0.29) is 23.0 Å². The van der Waals surface area contributed by atoms with E-state index in [0.29, 0.717) is 28.5 Å². The van der Waals surface area contributed by atoms with Crippen molar-refractivity contribution < 1.29 is 20.4 Å². The largest absolute Gasteiger partial charge is 0.508 e. The SMILES string of the molecule is CC(=CCc1c(O)cc(C=Cc2ccc(O)cc2O)cc1O)CCCC(C)(C)C. The highest BCUT2D eigenvalue weighted by Gasteiger charge is 2.10. The zero-order valence-electron chi connectivity index (χ0n) is 17.7. The molecule has 2 aromatic rings. The number of phenolic OH excluding ortho intramolecular Hbond substituents is 4. The van der Waals surface area contributed by atoms with Gasteiger partial charge in [0.25, 0.3) is 0 Å². The Morgan fingerprint density at radius 1 is 0.897 bits per heavy atom. The minimum Gasteiger partial charge on any atom is -0.508 e. The molecule has 0 amide bonds.